The number of hydrogen-bond acceptors (Lipinski definition) is 2. The molecule has 1 amide bonds. The van der Waals surface area contributed by atoms with Gasteiger partial charge in [0.2, 0.25) is 0 Å². The van der Waals surface area contributed by atoms with Gasteiger partial charge in [-0.2, -0.15) is 0 Å². The first kappa shape index (κ1) is 13.2. The van der Waals surface area contributed by atoms with Crippen LogP contribution in [0.3, 0.4) is 0 Å². The summed E-state index contributed by atoms with van der Waals surface area (Å²) in [6.07, 6.45) is 4.51. The standard InChI is InChI=1S/C14H18ClNO2/c1-9-7-10(15)8-12(13(9)18-2)14(17)16-11-5-3-4-6-11/h7-8,11H,3-6H2,1-2H3,(H,16,17). The van der Waals surface area contributed by atoms with Gasteiger partial charge in [-0.3, -0.25) is 4.79 Å². The Balaban J connectivity index is 2.22. The summed E-state index contributed by atoms with van der Waals surface area (Å²) in [5.74, 6) is 0.513. The molecule has 0 spiro atoms. The molecule has 0 heterocycles. The summed E-state index contributed by atoms with van der Waals surface area (Å²) >= 11 is 6.00. The van der Waals surface area contributed by atoms with E-state index in [1.165, 1.54) is 12.8 Å². The van der Waals surface area contributed by atoms with E-state index in [1.54, 1.807) is 19.2 Å². The van der Waals surface area contributed by atoms with Gasteiger partial charge in [0.05, 0.1) is 12.7 Å². The highest BCUT2D eigenvalue weighted by Crippen LogP contribution is 2.28. The largest absolute Gasteiger partial charge is 0.496 e. The van der Waals surface area contributed by atoms with Crippen molar-refractivity contribution in [1.29, 1.82) is 0 Å². The lowest BCUT2D eigenvalue weighted by molar-refractivity contribution is 0.0934. The zero-order valence-electron chi connectivity index (χ0n) is 10.8. The number of aryl methyl sites for hydroxylation is 1. The number of methoxy groups -OCH3 is 1. The van der Waals surface area contributed by atoms with Gasteiger partial charge in [0.25, 0.3) is 5.91 Å². The van der Waals surface area contributed by atoms with Gasteiger partial charge < -0.3 is 10.1 Å². The third-order valence-corrected chi connectivity index (χ3v) is 3.60. The smallest absolute Gasteiger partial charge is 0.255 e. The van der Waals surface area contributed by atoms with Gasteiger partial charge in [-0.1, -0.05) is 24.4 Å². The number of ether oxygens (including phenoxy) is 1. The van der Waals surface area contributed by atoms with Crippen molar-refractivity contribution < 1.29 is 9.53 Å². The Hall–Kier alpha value is -1.22. The number of nitrogens with one attached hydrogen (secondary N) is 1. The van der Waals surface area contributed by atoms with Gasteiger partial charge in [-0.15, -0.1) is 0 Å². The van der Waals surface area contributed by atoms with Crippen LogP contribution >= 0.6 is 11.6 Å². The fourth-order valence-electron chi connectivity index (χ4n) is 2.50. The minimum Gasteiger partial charge on any atom is -0.496 e. The second-order valence-electron chi connectivity index (χ2n) is 4.76. The van der Waals surface area contributed by atoms with E-state index in [2.05, 4.69) is 5.32 Å². The Morgan fingerprint density at radius 1 is 1.39 bits per heavy atom. The van der Waals surface area contributed by atoms with Crippen molar-refractivity contribution in [3.63, 3.8) is 0 Å². The first-order valence-corrected chi connectivity index (χ1v) is 6.64. The lowest BCUT2D eigenvalue weighted by atomic mass is 10.1. The van der Waals surface area contributed by atoms with Crippen LogP contribution < -0.4 is 10.1 Å². The lowest BCUT2D eigenvalue weighted by Gasteiger charge is -2.15. The number of carbonyl (C=O) groups is 1. The molecule has 0 bridgehead atoms. The molecule has 1 N–H and O–H groups in total. The first-order chi connectivity index (χ1) is 8.61. The fourth-order valence-corrected chi connectivity index (χ4v) is 2.78. The third kappa shape index (κ3) is 2.78. The number of halogens is 1. The molecule has 0 atom stereocenters. The maximum atomic E-state index is 12.2. The van der Waals surface area contributed by atoms with E-state index < -0.39 is 0 Å². The molecule has 3 nitrogen and oxygen atoms in total. The molecule has 2 rings (SSSR count). The summed E-state index contributed by atoms with van der Waals surface area (Å²) in [5, 5.41) is 3.61. The first-order valence-electron chi connectivity index (χ1n) is 6.27. The van der Waals surface area contributed by atoms with Crippen LogP contribution in [0.1, 0.15) is 41.6 Å². The molecule has 1 aliphatic rings. The molecule has 1 aromatic rings. The van der Waals surface area contributed by atoms with Gasteiger partial charge in [0.1, 0.15) is 5.75 Å². The average Bonchev–Trinajstić information content (AvgIpc) is 2.80. The van der Waals surface area contributed by atoms with Crippen LogP contribution in [0.2, 0.25) is 5.02 Å². The van der Waals surface area contributed by atoms with Crippen LogP contribution in [-0.4, -0.2) is 19.1 Å². The average molecular weight is 268 g/mol. The zero-order valence-corrected chi connectivity index (χ0v) is 11.5. The molecular formula is C14H18ClNO2. The minimum atomic E-state index is -0.0932. The van der Waals surface area contributed by atoms with Crippen LogP contribution in [-0.2, 0) is 0 Å². The van der Waals surface area contributed by atoms with Crippen LogP contribution in [0.25, 0.3) is 0 Å². The molecule has 1 aliphatic carbocycles. The summed E-state index contributed by atoms with van der Waals surface area (Å²) in [6.45, 7) is 1.89. The second-order valence-corrected chi connectivity index (χ2v) is 5.19. The van der Waals surface area contributed by atoms with Crippen molar-refractivity contribution in [2.45, 2.75) is 38.6 Å². The predicted molar refractivity (Wildman–Crippen MR) is 72.5 cm³/mol. The summed E-state index contributed by atoms with van der Waals surface area (Å²) in [4.78, 5) is 12.2. The molecule has 0 aliphatic heterocycles. The fraction of sp³-hybridized carbons (Fsp3) is 0.500. The summed E-state index contributed by atoms with van der Waals surface area (Å²) in [7, 11) is 1.57. The van der Waals surface area contributed by atoms with E-state index in [0.29, 0.717) is 22.4 Å². The number of carbonyl (C=O) groups excluding carboxylic acids is 1. The van der Waals surface area contributed by atoms with Crippen molar-refractivity contribution in [1.82, 2.24) is 5.32 Å². The normalized spacial score (nSPS) is 15.7. The molecule has 0 radical (unpaired) electrons. The minimum absolute atomic E-state index is 0.0932. The third-order valence-electron chi connectivity index (χ3n) is 3.38. The summed E-state index contributed by atoms with van der Waals surface area (Å²) < 4.78 is 5.30. The highest BCUT2D eigenvalue weighted by Gasteiger charge is 2.21. The van der Waals surface area contributed by atoms with Gasteiger partial charge in [-0.05, 0) is 37.5 Å². The van der Waals surface area contributed by atoms with Crippen molar-refractivity contribution in [3.05, 3.63) is 28.3 Å². The van der Waals surface area contributed by atoms with Gasteiger partial charge in [0, 0.05) is 11.1 Å². The SMILES string of the molecule is COc1c(C)cc(Cl)cc1C(=O)NC1CCCC1. The maximum absolute atomic E-state index is 12.2. The molecule has 1 aromatic carbocycles. The quantitative estimate of drug-likeness (QED) is 0.912. The Morgan fingerprint density at radius 3 is 2.67 bits per heavy atom. The van der Waals surface area contributed by atoms with Crippen LogP contribution in [0.4, 0.5) is 0 Å². The van der Waals surface area contributed by atoms with E-state index in [1.807, 2.05) is 6.92 Å². The Kier molecular flexibility index (Phi) is 4.12. The van der Waals surface area contributed by atoms with Gasteiger partial charge in [0.15, 0.2) is 0 Å². The van der Waals surface area contributed by atoms with Gasteiger partial charge in [-0.25, -0.2) is 0 Å². The van der Waals surface area contributed by atoms with E-state index in [0.717, 1.165) is 18.4 Å². The predicted octanol–water partition coefficient (Wildman–Crippen LogP) is 3.33. The highest BCUT2D eigenvalue weighted by atomic mass is 35.5. The number of benzene rings is 1. The van der Waals surface area contributed by atoms with Crippen LogP contribution in [0.5, 0.6) is 5.75 Å². The van der Waals surface area contributed by atoms with Crippen molar-refractivity contribution in [2.75, 3.05) is 7.11 Å². The highest BCUT2D eigenvalue weighted by molar-refractivity contribution is 6.31. The molecule has 4 heteroatoms. The number of hydrogen-bond donors (Lipinski definition) is 1. The maximum Gasteiger partial charge on any atom is 0.255 e. The molecule has 98 valence electrons. The Bertz CT molecular complexity index is 453. The van der Waals surface area contributed by atoms with Crippen LogP contribution in [0.15, 0.2) is 12.1 Å². The number of rotatable bonds is 3. The molecule has 1 saturated carbocycles. The van der Waals surface area contributed by atoms with E-state index in [4.69, 9.17) is 16.3 Å². The summed E-state index contributed by atoms with van der Waals surface area (Å²) in [5.41, 5.74) is 1.40. The Labute approximate surface area is 112 Å². The molecule has 1 fully saturated rings. The molecular weight excluding hydrogens is 250 g/mol. The van der Waals surface area contributed by atoms with Crippen molar-refractivity contribution in [3.8, 4) is 5.75 Å². The lowest BCUT2D eigenvalue weighted by Crippen LogP contribution is -2.32. The monoisotopic (exact) mass is 267 g/mol. The molecule has 0 unspecified atom stereocenters. The topological polar surface area (TPSA) is 38.3 Å². The van der Waals surface area contributed by atoms with Crippen LogP contribution in [0, 0.1) is 6.92 Å². The van der Waals surface area contributed by atoms with E-state index in [9.17, 15) is 4.79 Å². The van der Waals surface area contributed by atoms with Crippen molar-refractivity contribution >= 4 is 17.5 Å². The van der Waals surface area contributed by atoms with Crippen molar-refractivity contribution in [2.24, 2.45) is 0 Å². The summed E-state index contributed by atoms with van der Waals surface area (Å²) in [6, 6.07) is 3.76. The van der Waals surface area contributed by atoms with Gasteiger partial charge >= 0.3 is 0 Å². The van der Waals surface area contributed by atoms with E-state index in [-0.39, 0.29) is 5.91 Å². The molecule has 18 heavy (non-hydrogen) atoms. The second kappa shape index (κ2) is 5.61. The zero-order chi connectivity index (χ0) is 13.1. The molecule has 0 saturated heterocycles. The Morgan fingerprint density at radius 2 is 2.06 bits per heavy atom. The number of amides is 1. The van der Waals surface area contributed by atoms with E-state index >= 15 is 0 Å². The molecule has 0 aromatic heterocycles.